The molecule has 0 spiro atoms. The van der Waals surface area contributed by atoms with E-state index in [0.717, 1.165) is 37.2 Å². The number of halogens is 1. The zero-order valence-electron chi connectivity index (χ0n) is 18.8. The Morgan fingerprint density at radius 3 is 2.39 bits per heavy atom. The van der Waals surface area contributed by atoms with E-state index in [2.05, 4.69) is 27.0 Å². The van der Waals surface area contributed by atoms with Crippen molar-refractivity contribution in [2.75, 3.05) is 5.32 Å². The summed E-state index contributed by atoms with van der Waals surface area (Å²) in [6.07, 6.45) is 4.46. The van der Waals surface area contributed by atoms with Crippen LogP contribution in [-0.2, 0) is 11.3 Å². The number of rotatable bonds is 11. The molecule has 1 heterocycles. The molecule has 174 valence electrons. The number of primary amides is 1. The first-order valence-electron chi connectivity index (χ1n) is 11.0. The van der Waals surface area contributed by atoms with Gasteiger partial charge < -0.3 is 15.6 Å². The number of nitrogens with two attached hydrogens (primary N) is 1. The summed E-state index contributed by atoms with van der Waals surface area (Å²) >= 11 is 7.41. The average Bonchev–Trinajstić information content (AvgIpc) is 3.19. The minimum atomic E-state index is -0.508. The van der Waals surface area contributed by atoms with Crippen molar-refractivity contribution < 1.29 is 9.59 Å². The van der Waals surface area contributed by atoms with E-state index < -0.39 is 11.2 Å². The first-order chi connectivity index (χ1) is 15.9. The third kappa shape index (κ3) is 6.82. The predicted octanol–water partition coefficient (Wildman–Crippen LogP) is 5.40. The minimum Gasteiger partial charge on any atom is -0.366 e. The molecule has 0 saturated heterocycles. The predicted molar refractivity (Wildman–Crippen MR) is 134 cm³/mol. The second-order valence-electron chi connectivity index (χ2n) is 7.72. The topological polar surface area (TPSA) is 103 Å². The van der Waals surface area contributed by atoms with Gasteiger partial charge in [0.1, 0.15) is 0 Å². The average molecular weight is 486 g/mol. The maximum absolute atomic E-state index is 12.8. The summed E-state index contributed by atoms with van der Waals surface area (Å²) in [5.41, 5.74) is 7.18. The number of amides is 2. The highest BCUT2D eigenvalue weighted by Crippen LogP contribution is 2.29. The fraction of sp³-hybridized carbons (Fsp3) is 0.333. The molecule has 9 heteroatoms. The number of nitrogens with zero attached hydrogens (tertiary/aromatic N) is 3. The number of nitrogens with one attached hydrogen (secondary N) is 1. The number of aromatic nitrogens is 3. The molecule has 0 saturated carbocycles. The normalized spacial score (nSPS) is 11.8. The molecule has 7 nitrogen and oxygen atoms in total. The van der Waals surface area contributed by atoms with Crippen LogP contribution in [0.2, 0.25) is 5.02 Å². The van der Waals surface area contributed by atoms with Crippen LogP contribution in [0.3, 0.4) is 0 Å². The van der Waals surface area contributed by atoms with Gasteiger partial charge in [-0.15, -0.1) is 10.2 Å². The minimum absolute atomic E-state index is 0.166. The number of hydrogen-bond acceptors (Lipinski definition) is 5. The Morgan fingerprint density at radius 1 is 1.06 bits per heavy atom. The molecule has 0 radical (unpaired) electrons. The third-order valence-corrected chi connectivity index (χ3v) is 6.48. The Kier molecular flexibility index (Phi) is 8.91. The van der Waals surface area contributed by atoms with Gasteiger partial charge in [-0.05, 0) is 61.9 Å². The molecule has 0 aliphatic carbocycles. The molecule has 3 N–H and O–H groups in total. The third-order valence-electron chi connectivity index (χ3n) is 5.14. The van der Waals surface area contributed by atoms with Gasteiger partial charge in [0.25, 0.3) is 0 Å². The fourth-order valence-electron chi connectivity index (χ4n) is 3.26. The van der Waals surface area contributed by atoms with Crippen LogP contribution in [0.15, 0.2) is 53.7 Å². The van der Waals surface area contributed by atoms with E-state index in [1.54, 1.807) is 24.3 Å². The summed E-state index contributed by atoms with van der Waals surface area (Å²) in [5.74, 6) is 0.0901. The lowest BCUT2D eigenvalue weighted by Crippen LogP contribution is -2.23. The van der Waals surface area contributed by atoms with E-state index in [-0.39, 0.29) is 5.91 Å². The molecule has 0 fully saturated rings. The Morgan fingerprint density at radius 2 is 1.76 bits per heavy atom. The number of unbranched alkanes of at least 4 members (excludes halogenated alkanes) is 3. The van der Waals surface area contributed by atoms with Gasteiger partial charge in [0.05, 0.1) is 5.25 Å². The van der Waals surface area contributed by atoms with E-state index in [0.29, 0.717) is 21.4 Å². The molecule has 1 atom stereocenters. The Bertz CT molecular complexity index is 1080. The molecular weight excluding hydrogens is 458 g/mol. The van der Waals surface area contributed by atoms with Gasteiger partial charge in [-0.2, -0.15) is 0 Å². The van der Waals surface area contributed by atoms with Crippen molar-refractivity contribution >= 4 is 40.9 Å². The number of carbonyl (C=O) groups is 2. The quantitative estimate of drug-likeness (QED) is 0.279. The van der Waals surface area contributed by atoms with E-state index in [4.69, 9.17) is 17.3 Å². The summed E-state index contributed by atoms with van der Waals surface area (Å²) in [6, 6.07) is 14.0. The molecular formula is C24H28ClN5O2S. The van der Waals surface area contributed by atoms with Crippen molar-refractivity contribution in [2.24, 2.45) is 5.73 Å². The van der Waals surface area contributed by atoms with Gasteiger partial charge in [0.15, 0.2) is 11.0 Å². The van der Waals surface area contributed by atoms with Crippen molar-refractivity contribution in [1.29, 1.82) is 0 Å². The zero-order valence-corrected chi connectivity index (χ0v) is 20.3. The molecule has 0 bridgehead atoms. The van der Waals surface area contributed by atoms with Crippen LogP contribution in [0.4, 0.5) is 5.69 Å². The highest BCUT2D eigenvalue weighted by Gasteiger charge is 2.21. The van der Waals surface area contributed by atoms with E-state index >= 15 is 0 Å². The number of benzene rings is 2. The summed E-state index contributed by atoms with van der Waals surface area (Å²) in [5, 5.41) is 12.6. The maximum atomic E-state index is 12.8. The fourth-order valence-corrected chi connectivity index (χ4v) is 4.26. The summed E-state index contributed by atoms with van der Waals surface area (Å²) < 4.78 is 2.08. The second-order valence-corrected chi connectivity index (χ2v) is 9.46. The lowest BCUT2D eigenvalue weighted by atomic mass is 10.2. The van der Waals surface area contributed by atoms with Crippen molar-refractivity contribution in [3.05, 3.63) is 59.1 Å². The summed E-state index contributed by atoms with van der Waals surface area (Å²) in [7, 11) is 0. The first kappa shape index (κ1) is 24.8. The van der Waals surface area contributed by atoms with Crippen LogP contribution < -0.4 is 11.1 Å². The molecule has 0 aliphatic rings. The first-order valence-corrected chi connectivity index (χ1v) is 12.2. The van der Waals surface area contributed by atoms with Gasteiger partial charge in [-0.25, -0.2) is 0 Å². The van der Waals surface area contributed by atoms with Crippen molar-refractivity contribution in [1.82, 2.24) is 14.8 Å². The summed E-state index contributed by atoms with van der Waals surface area (Å²) in [6.45, 7) is 4.78. The standard InChI is InChI=1S/C24H28ClN5O2S/c1-3-4-5-6-15-30-22(18-7-11-19(25)12-8-18)28-29-24(30)33-16(2)23(32)27-20-13-9-17(10-14-20)21(26)31/h7-14,16H,3-6,15H2,1-2H3,(H2,26,31)(H,27,32). The lowest BCUT2D eigenvalue weighted by molar-refractivity contribution is -0.115. The molecule has 2 amide bonds. The second kappa shape index (κ2) is 11.9. The molecule has 2 aromatic carbocycles. The Balaban J connectivity index is 1.74. The lowest BCUT2D eigenvalue weighted by Gasteiger charge is -2.14. The summed E-state index contributed by atoms with van der Waals surface area (Å²) in [4.78, 5) is 24.0. The Labute approximate surface area is 203 Å². The molecule has 3 aromatic rings. The van der Waals surface area contributed by atoms with Crippen LogP contribution in [-0.4, -0.2) is 31.8 Å². The van der Waals surface area contributed by atoms with Crippen molar-refractivity contribution in [3.63, 3.8) is 0 Å². The van der Waals surface area contributed by atoms with E-state index in [9.17, 15) is 9.59 Å². The van der Waals surface area contributed by atoms with E-state index in [1.165, 1.54) is 18.2 Å². The van der Waals surface area contributed by atoms with Gasteiger partial charge in [0.2, 0.25) is 11.8 Å². The van der Waals surface area contributed by atoms with Gasteiger partial charge >= 0.3 is 0 Å². The van der Waals surface area contributed by atoms with Crippen LogP contribution in [0.1, 0.15) is 49.9 Å². The SMILES string of the molecule is CCCCCCn1c(SC(C)C(=O)Nc2ccc(C(N)=O)cc2)nnc1-c1ccc(Cl)cc1. The van der Waals surface area contributed by atoms with Crippen LogP contribution >= 0.6 is 23.4 Å². The smallest absolute Gasteiger partial charge is 0.248 e. The van der Waals surface area contributed by atoms with Gasteiger partial charge in [-0.3, -0.25) is 9.59 Å². The number of hydrogen-bond donors (Lipinski definition) is 2. The number of carbonyl (C=O) groups excluding carboxylic acids is 2. The molecule has 33 heavy (non-hydrogen) atoms. The van der Waals surface area contributed by atoms with Crippen LogP contribution in [0, 0.1) is 0 Å². The molecule has 0 aliphatic heterocycles. The monoisotopic (exact) mass is 485 g/mol. The number of anilines is 1. The molecule has 3 rings (SSSR count). The number of thioether (sulfide) groups is 1. The van der Waals surface area contributed by atoms with Crippen molar-refractivity contribution in [3.8, 4) is 11.4 Å². The van der Waals surface area contributed by atoms with E-state index in [1.807, 2.05) is 31.2 Å². The zero-order chi connectivity index (χ0) is 23.8. The Hall–Kier alpha value is -2.84. The van der Waals surface area contributed by atoms with Crippen LogP contribution in [0.25, 0.3) is 11.4 Å². The largest absolute Gasteiger partial charge is 0.366 e. The van der Waals surface area contributed by atoms with Crippen molar-refractivity contribution in [2.45, 2.75) is 56.5 Å². The maximum Gasteiger partial charge on any atom is 0.248 e. The molecule has 1 aromatic heterocycles. The highest BCUT2D eigenvalue weighted by molar-refractivity contribution is 8.00. The highest BCUT2D eigenvalue weighted by atomic mass is 35.5. The molecule has 1 unspecified atom stereocenters. The van der Waals surface area contributed by atoms with Gasteiger partial charge in [0, 0.05) is 28.4 Å². The van der Waals surface area contributed by atoms with Gasteiger partial charge in [-0.1, -0.05) is 49.5 Å². The van der Waals surface area contributed by atoms with Crippen LogP contribution in [0.5, 0.6) is 0 Å².